The van der Waals surface area contributed by atoms with Gasteiger partial charge in [-0.25, -0.2) is 0 Å². The van der Waals surface area contributed by atoms with E-state index in [9.17, 15) is 0 Å². The summed E-state index contributed by atoms with van der Waals surface area (Å²) in [4.78, 5) is 0. The Balaban J connectivity index is 2.04. The first-order chi connectivity index (χ1) is 8.70. The highest BCUT2D eigenvalue weighted by molar-refractivity contribution is 5.32. The normalized spacial score (nSPS) is 16.8. The Morgan fingerprint density at radius 1 is 1.28 bits per heavy atom. The lowest BCUT2D eigenvalue weighted by atomic mass is 9.95. The van der Waals surface area contributed by atoms with Crippen LogP contribution in [0.5, 0.6) is 0 Å². The number of nitrogens with one attached hydrogen (secondary N) is 1. The molecule has 1 atom stereocenters. The third kappa shape index (κ3) is 3.84. The zero-order chi connectivity index (χ0) is 13.0. The van der Waals surface area contributed by atoms with E-state index in [4.69, 9.17) is 0 Å². The third-order valence-corrected chi connectivity index (χ3v) is 4.00. The molecule has 1 saturated carbocycles. The molecular formula is C17H27N. The highest BCUT2D eigenvalue weighted by atomic mass is 14.9. The van der Waals surface area contributed by atoms with Crippen LogP contribution >= 0.6 is 0 Å². The van der Waals surface area contributed by atoms with E-state index < -0.39 is 0 Å². The maximum absolute atomic E-state index is 3.73. The summed E-state index contributed by atoms with van der Waals surface area (Å²) in [6.07, 6.45) is 6.84. The van der Waals surface area contributed by atoms with E-state index in [1.807, 2.05) is 0 Å². The Bertz CT molecular complexity index is 379. The summed E-state index contributed by atoms with van der Waals surface area (Å²) < 4.78 is 0. The first kappa shape index (κ1) is 13.6. The highest BCUT2D eigenvalue weighted by Crippen LogP contribution is 2.36. The zero-order valence-corrected chi connectivity index (χ0v) is 12.1. The molecule has 1 aromatic rings. The molecular weight excluding hydrogens is 218 g/mol. The molecule has 0 amide bonds. The number of aryl methyl sites for hydroxylation is 2. The van der Waals surface area contributed by atoms with Gasteiger partial charge in [-0.1, -0.05) is 43.5 Å². The summed E-state index contributed by atoms with van der Waals surface area (Å²) in [5.74, 6) is 1.03. The third-order valence-electron chi connectivity index (χ3n) is 4.00. The average Bonchev–Trinajstić information content (AvgIpc) is 3.14. The fourth-order valence-electron chi connectivity index (χ4n) is 2.71. The van der Waals surface area contributed by atoms with Crippen molar-refractivity contribution in [3.05, 3.63) is 34.9 Å². The van der Waals surface area contributed by atoms with Gasteiger partial charge in [-0.05, 0) is 56.7 Å². The Morgan fingerprint density at radius 3 is 2.67 bits per heavy atom. The molecule has 18 heavy (non-hydrogen) atoms. The van der Waals surface area contributed by atoms with Crippen LogP contribution < -0.4 is 5.32 Å². The Kier molecular flexibility index (Phi) is 4.82. The second kappa shape index (κ2) is 6.38. The number of benzene rings is 1. The number of hydrogen-bond acceptors (Lipinski definition) is 1. The first-order valence-electron chi connectivity index (χ1n) is 7.51. The van der Waals surface area contributed by atoms with Crippen molar-refractivity contribution in [1.82, 2.24) is 5.32 Å². The van der Waals surface area contributed by atoms with E-state index in [-0.39, 0.29) is 0 Å². The van der Waals surface area contributed by atoms with Crippen molar-refractivity contribution < 1.29 is 0 Å². The standard InChI is InChI=1S/C17H27N/c1-4-11-18-17(10-8-15-6-7-15)16-9-5-13(2)12-14(16)3/h5,9,12,15,17-18H,4,6-8,10-11H2,1-3H3. The van der Waals surface area contributed by atoms with Gasteiger partial charge >= 0.3 is 0 Å². The molecule has 100 valence electrons. The summed E-state index contributed by atoms with van der Waals surface area (Å²) >= 11 is 0. The van der Waals surface area contributed by atoms with Gasteiger partial charge in [-0.3, -0.25) is 0 Å². The summed E-state index contributed by atoms with van der Waals surface area (Å²) in [5.41, 5.74) is 4.32. The molecule has 0 saturated heterocycles. The minimum Gasteiger partial charge on any atom is -0.310 e. The van der Waals surface area contributed by atoms with Crippen LogP contribution in [0.25, 0.3) is 0 Å². The van der Waals surface area contributed by atoms with E-state index in [0.717, 1.165) is 12.5 Å². The quantitative estimate of drug-likeness (QED) is 0.744. The summed E-state index contributed by atoms with van der Waals surface area (Å²) in [6.45, 7) is 7.80. The Hall–Kier alpha value is -0.820. The van der Waals surface area contributed by atoms with Gasteiger partial charge in [0, 0.05) is 6.04 Å². The van der Waals surface area contributed by atoms with Crippen LogP contribution in [0.4, 0.5) is 0 Å². The lowest BCUT2D eigenvalue weighted by Crippen LogP contribution is -2.23. The van der Waals surface area contributed by atoms with Crippen LogP contribution in [-0.4, -0.2) is 6.54 Å². The number of rotatable bonds is 7. The van der Waals surface area contributed by atoms with Gasteiger partial charge in [0.05, 0.1) is 0 Å². The molecule has 1 unspecified atom stereocenters. The van der Waals surface area contributed by atoms with Crippen molar-refractivity contribution in [3.8, 4) is 0 Å². The summed E-state index contributed by atoms with van der Waals surface area (Å²) in [5, 5.41) is 3.73. The van der Waals surface area contributed by atoms with Crippen LogP contribution in [0, 0.1) is 19.8 Å². The molecule has 1 nitrogen and oxygen atoms in total. The molecule has 0 bridgehead atoms. The second-order valence-electron chi connectivity index (χ2n) is 5.89. The van der Waals surface area contributed by atoms with Crippen molar-refractivity contribution in [2.45, 2.75) is 58.9 Å². The summed E-state index contributed by atoms with van der Waals surface area (Å²) in [6, 6.07) is 7.45. The molecule has 1 aliphatic rings. The Labute approximate surface area is 112 Å². The van der Waals surface area contributed by atoms with Crippen molar-refractivity contribution >= 4 is 0 Å². The maximum atomic E-state index is 3.73. The highest BCUT2D eigenvalue weighted by Gasteiger charge is 2.23. The topological polar surface area (TPSA) is 12.0 Å². The van der Waals surface area contributed by atoms with Gasteiger partial charge in [0.1, 0.15) is 0 Å². The molecule has 0 heterocycles. The van der Waals surface area contributed by atoms with Crippen LogP contribution in [-0.2, 0) is 0 Å². The largest absolute Gasteiger partial charge is 0.310 e. The molecule has 1 heteroatoms. The van der Waals surface area contributed by atoms with Crippen molar-refractivity contribution in [3.63, 3.8) is 0 Å². The molecule has 0 aromatic heterocycles. The molecule has 1 aliphatic carbocycles. The molecule has 0 spiro atoms. The van der Waals surface area contributed by atoms with Gasteiger partial charge in [-0.15, -0.1) is 0 Å². The van der Waals surface area contributed by atoms with Crippen LogP contribution in [0.15, 0.2) is 18.2 Å². The second-order valence-corrected chi connectivity index (χ2v) is 5.89. The lowest BCUT2D eigenvalue weighted by Gasteiger charge is -2.21. The van der Waals surface area contributed by atoms with Gasteiger partial charge in [0.2, 0.25) is 0 Å². The average molecular weight is 245 g/mol. The number of hydrogen-bond donors (Lipinski definition) is 1. The molecule has 1 aromatic carbocycles. The minimum absolute atomic E-state index is 0.561. The van der Waals surface area contributed by atoms with Crippen molar-refractivity contribution in [2.75, 3.05) is 6.54 Å². The summed E-state index contributed by atoms with van der Waals surface area (Å²) in [7, 11) is 0. The zero-order valence-electron chi connectivity index (χ0n) is 12.1. The smallest absolute Gasteiger partial charge is 0.0322 e. The van der Waals surface area contributed by atoms with Crippen LogP contribution in [0.3, 0.4) is 0 Å². The monoisotopic (exact) mass is 245 g/mol. The van der Waals surface area contributed by atoms with Gasteiger partial charge < -0.3 is 5.32 Å². The van der Waals surface area contributed by atoms with E-state index in [1.165, 1.54) is 48.8 Å². The predicted octanol–water partition coefficient (Wildman–Crippen LogP) is 4.53. The van der Waals surface area contributed by atoms with Crippen LogP contribution in [0.1, 0.15) is 61.8 Å². The van der Waals surface area contributed by atoms with Crippen molar-refractivity contribution in [2.24, 2.45) is 5.92 Å². The van der Waals surface area contributed by atoms with E-state index in [1.54, 1.807) is 0 Å². The van der Waals surface area contributed by atoms with Crippen LogP contribution in [0.2, 0.25) is 0 Å². The fourth-order valence-corrected chi connectivity index (χ4v) is 2.71. The first-order valence-corrected chi connectivity index (χ1v) is 7.51. The van der Waals surface area contributed by atoms with E-state index >= 15 is 0 Å². The van der Waals surface area contributed by atoms with E-state index in [0.29, 0.717) is 6.04 Å². The molecule has 1 fully saturated rings. The van der Waals surface area contributed by atoms with Gasteiger partial charge in [0.25, 0.3) is 0 Å². The maximum Gasteiger partial charge on any atom is 0.0322 e. The molecule has 0 radical (unpaired) electrons. The minimum atomic E-state index is 0.561. The van der Waals surface area contributed by atoms with Crippen molar-refractivity contribution in [1.29, 1.82) is 0 Å². The molecule has 2 rings (SSSR count). The van der Waals surface area contributed by atoms with Gasteiger partial charge in [0.15, 0.2) is 0 Å². The molecule has 0 aliphatic heterocycles. The Morgan fingerprint density at radius 2 is 2.06 bits per heavy atom. The van der Waals surface area contributed by atoms with E-state index in [2.05, 4.69) is 44.3 Å². The van der Waals surface area contributed by atoms with Gasteiger partial charge in [-0.2, -0.15) is 0 Å². The fraction of sp³-hybridized carbons (Fsp3) is 0.647. The SMILES string of the molecule is CCCNC(CCC1CC1)c1ccc(C)cc1C. The molecule has 1 N–H and O–H groups in total. The predicted molar refractivity (Wildman–Crippen MR) is 78.9 cm³/mol. The lowest BCUT2D eigenvalue weighted by molar-refractivity contribution is 0.468.